The second kappa shape index (κ2) is 5.39. The van der Waals surface area contributed by atoms with Gasteiger partial charge in [0.25, 0.3) is 0 Å². The van der Waals surface area contributed by atoms with Crippen LogP contribution in [0.2, 0.25) is 0 Å². The molecule has 1 aromatic carbocycles. The van der Waals surface area contributed by atoms with Crippen LogP contribution in [0.1, 0.15) is 32.3 Å². The first-order chi connectivity index (χ1) is 8.98. The van der Waals surface area contributed by atoms with Gasteiger partial charge < -0.3 is 19.3 Å². The molecule has 106 valence electrons. The van der Waals surface area contributed by atoms with Gasteiger partial charge in [-0.15, -0.1) is 0 Å². The Balaban J connectivity index is 2.39. The molecule has 1 saturated heterocycles. The quantitative estimate of drug-likeness (QED) is 0.913. The highest BCUT2D eigenvalue weighted by atomic mass is 16.5. The molecular formula is C15H22O4. The molecule has 1 aliphatic rings. The molecule has 1 aromatic rings. The second-order valence-electron chi connectivity index (χ2n) is 5.26. The number of hydrogen-bond acceptors (Lipinski definition) is 4. The molecule has 0 bridgehead atoms. The Morgan fingerprint density at radius 2 is 1.79 bits per heavy atom. The van der Waals surface area contributed by atoms with E-state index in [2.05, 4.69) is 0 Å². The van der Waals surface area contributed by atoms with E-state index in [1.54, 1.807) is 20.3 Å². The van der Waals surface area contributed by atoms with Crippen LogP contribution in [0.5, 0.6) is 11.5 Å². The van der Waals surface area contributed by atoms with Crippen LogP contribution in [-0.4, -0.2) is 31.5 Å². The average Bonchev–Trinajstić information content (AvgIpc) is 2.36. The van der Waals surface area contributed by atoms with E-state index in [9.17, 15) is 5.11 Å². The first-order valence-electron chi connectivity index (χ1n) is 6.59. The fraction of sp³-hybridized carbons (Fsp3) is 0.600. The predicted molar refractivity (Wildman–Crippen MR) is 72.7 cm³/mol. The van der Waals surface area contributed by atoms with Gasteiger partial charge in [-0.25, -0.2) is 0 Å². The van der Waals surface area contributed by atoms with Crippen LogP contribution in [0, 0.1) is 0 Å². The number of benzene rings is 1. The van der Waals surface area contributed by atoms with Crippen molar-refractivity contribution >= 4 is 0 Å². The van der Waals surface area contributed by atoms with Gasteiger partial charge in [0, 0.05) is 24.5 Å². The summed E-state index contributed by atoms with van der Waals surface area (Å²) in [5.41, 5.74) is -0.105. The maximum atomic E-state index is 11.0. The zero-order chi connectivity index (χ0) is 14.0. The Morgan fingerprint density at radius 1 is 1.16 bits per heavy atom. The lowest BCUT2D eigenvalue weighted by atomic mass is 9.81. The van der Waals surface area contributed by atoms with Crippen molar-refractivity contribution < 1.29 is 19.3 Å². The molecule has 4 heteroatoms. The number of hydrogen-bond donors (Lipinski definition) is 1. The van der Waals surface area contributed by atoms with Crippen LogP contribution >= 0.6 is 0 Å². The van der Waals surface area contributed by atoms with Crippen molar-refractivity contribution in [3.05, 3.63) is 23.8 Å². The van der Waals surface area contributed by atoms with Gasteiger partial charge in [-0.2, -0.15) is 0 Å². The molecule has 4 nitrogen and oxygen atoms in total. The first-order valence-corrected chi connectivity index (χ1v) is 6.59. The number of ether oxygens (including phenoxy) is 3. The maximum absolute atomic E-state index is 11.0. The van der Waals surface area contributed by atoms with E-state index in [1.165, 1.54) is 0 Å². The van der Waals surface area contributed by atoms with Crippen molar-refractivity contribution in [2.45, 2.75) is 44.5 Å². The lowest BCUT2D eigenvalue weighted by Gasteiger charge is -2.40. The molecule has 1 heterocycles. The van der Waals surface area contributed by atoms with Crippen molar-refractivity contribution in [3.8, 4) is 11.5 Å². The minimum absolute atomic E-state index is 0.0283. The topological polar surface area (TPSA) is 47.9 Å². The zero-order valence-electron chi connectivity index (χ0n) is 12.0. The first kappa shape index (κ1) is 14.2. The van der Waals surface area contributed by atoms with Crippen molar-refractivity contribution in [2.24, 2.45) is 0 Å². The van der Waals surface area contributed by atoms with Crippen LogP contribution in [0.4, 0.5) is 0 Å². The Morgan fingerprint density at radius 3 is 2.32 bits per heavy atom. The third-order valence-electron chi connectivity index (χ3n) is 3.62. The van der Waals surface area contributed by atoms with E-state index in [0.29, 0.717) is 18.6 Å². The summed E-state index contributed by atoms with van der Waals surface area (Å²) in [7, 11) is 3.22. The van der Waals surface area contributed by atoms with Gasteiger partial charge in [-0.05, 0) is 26.0 Å². The molecule has 2 unspecified atom stereocenters. The lowest BCUT2D eigenvalue weighted by Crippen LogP contribution is -2.41. The van der Waals surface area contributed by atoms with Crippen molar-refractivity contribution in [3.63, 3.8) is 0 Å². The third kappa shape index (κ3) is 2.85. The van der Waals surface area contributed by atoms with Gasteiger partial charge >= 0.3 is 0 Å². The van der Waals surface area contributed by atoms with Gasteiger partial charge in [-0.3, -0.25) is 0 Å². The SMILES string of the molecule is COc1ccc(C2(O)CC(C)OC(C)C2)c(OC)c1. The van der Waals surface area contributed by atoms with Gasteiger partial charge in [-0.1, -0.05) is 0 Å². The minimum atomic E-state index is -0.908. The minimum Gasteiger partial charge on any atom is -0.497 e. The smallest absolute Gasteiger partial charge is 0.128 e. The Bertz CT molecular complexity index is 434. The molecule has 1 aliphatic heterocycles. The molecule has 0 aromatic heterocycles. The fourth-order valence-corrected chi connectivity index (χ4v) is 2.93. The van der Waals surface area contributed by atoms with E-state index in [1.807, 2.05) is 26.0 Å². The molecule has 2 atom stereocenters. The van der Waals surface area contributed by atoms with E-state index in [4.69, 9.17) is 14.2 Å². The van der Waals surface area contributed by atoms with Gasteiger partial charge in [0.1, 0.15) is 11.5 Å². The summed E-state index contributed by atoms with van der Waals surface area (Å²) < 4.78 is 16.3. The predicted octanol–water partition coefficient (Wildman–Crippen LogP) is 2.48. The molecule has 2 rings (SSSR count). The summed E-state index contributed by atoms with van der Waals surface area (Å²) in [4.78, 5) is 0. The molecule has 0 saturated carbocycles. The fourth-order valence-electron chi connectivity index (χ4n) is 2.93. The van der Waals surface area contributed by atoms with Crippen LogP contribution in [-0.2, 0) is 10.3 Å². The Labute approximate surface area is 114 Å². The van der Waals surface area contributed by atoms with Crippen LogP contribution in [0.15, 0.2) is 18.2 Å². The molecule has 19 heavy (non-hydrogen) atoms. The highest BCUT2D eigenvalue weighted by Gasteiger charge is 2.40. The van der Waals surface area contributed by atoms with Crippen molar-refractivity contribution in [1.29, 1.82) is 0 Å². The molecule has 1 N–H and O–H groups in total. The summed E-state index contributed by atoms with van der Waals surface area (Å²) in [5, 5.41) is 11.0. The lowest BCUT2D eigenvalue weighted by molar-refractivity contribution is -0.136. The highest BCUT2D eigenvalue weighted by molar-refractivity contribution is 5.44. The summed E-state index contributed by atoms with van der Waals surface area (Å²) >= 11 is 0. The summed E-state index contributed by atoms with van der Waals surface area (Å²) in [6.45, 7) is 3.97. The molecular weight excluding hydrogens is 244 g/mol. The maximum Gasteiger partial charge on any atom is 0.128 e. The average molecular weight is 266 g/mol. The summed E-state index contributed by atoms with van der Waals surface area (Å²) in [6.07, 6.45) is 1.20. The second-order valence-corrected chi connectivity index (χ2v) is 5.26. The number of aliphatic hydroxyl groups is 1. The van der Waals surface area contributed by atoms with Gasteiger partial charge in [0.15, 0.2) is 0 Å². The number of rotatable bonds is 3. The summed E-state index contributed by atoms with van der Waals surface area (Å²) in [5.74, 6) is 1.38. The molecule has 0 aliphatic carbocycles. The van der Waals surface area contributed by atoms with E-state index in [-0.39, 0.29) is 12.2 Å². The number of methoxy groups -OCH3 is 2. The van der Waals surface area contributed by atoms with Crippen molar-refractivity contribution in [2.75, 3.05) is 14.2 Å². The Kier molecular flexibility index (Phi) is 4.02. The van der Waals surface area contributed by atoms with Crippen LogP contribution in [0.3, 0.4) is 0 Å². The monoisotopic (exact) mass is 266 g/mol. The van der Waals surface area contributed by atoms with Crippen LogP contribution in [0.25, 0.3) is 0 Å². The normalized spacial score (nSPS) is 31.0. The van der Waals surface area contributed by atoms with E-state index in [0.717, 1.165) is 11.3 Å². The van der Waals surface area contributed by atoms with E-state index < -0.39 is 5.60 Å². The standard InChI is InChI=1S/C15H22O4/c1-10-8-15(16,9-11(2)19-10)13-6-5-12(17-3)7-14(13)18-4/h5-7,10-11,16H,8-9H2,1-4H3. The largest absolute Gasteiger partial charge is 0.497 e. The molecule has 0 amide bonds. The Hall–Kier alpha value is -1.26. The zero-order valence-corrected chi connectivity index (χ0v) is 12.0. The molecule has 0 radical (unpaired) electrons. The highest BCUT2D eigenvalue weighted by Crippen LogP contribution is 2.42. The van der Waals surface area contributed by atoms with Gasteiger partial charge in [0.2, 0.25) is 0 Å². The van der Waals surface area contributed by atoms with E-state index >= 15 is 0 Å². The summed E-state index contributed by atoms with van der Waals surface area (Å²) in [6, 6.07) is 5.53. The third-order valence-corrected chi connectivity index (χ3v) is 3.62. The van der Waals surface area contributed by atoms with Crippen LogP contribution < -0.4 is 9.47 Å². The molecule has 0 spiro atoms. The van der Waals surface area contributed by atoms with Crippen molar-refractivity contribution in [1.82, 2.24) is 0 Å². The molecule has 1 fully saturated rings. The van der Waals surface area contributed by atoms with Gasteiger partial charge in [0.05, 0.1) is 32.0 Å².